The highest BCUT2D eigenvalue weighted by atomic mass is 35.5. The minimum atomic E-state index is -3.71. The molecule has 1 saturated heterocycles. The molecule has 0 unspecified atom stereocenters. The zero-order valence-electron chi connectivity index (χ0n) is 18.2. The summed E-state index contributed by atoms with van der Waals surface area (Å²) in [4.78, 5) is 15.2. The lowest BCUT2D eigenvalue weighted by Crippen LogP contribution is -2.48. The number of piperazine rings is 1. The molecule has 1 aliphatic heterocycles. The van der Waals surface area contributed by atoms with Crippen LogP contribution in [0.4, 0.5) is 5.69 Å². The summed E-state index contributed by atoms with van der Waals surface area (Å²) in [6.07, 6.45) is 6.49. The van der Waals surface area contributed by atoms with Crippen molar-refractivity contribution in [2.24, 2.45) is 0 Å². The molecule has 1 amide bonds. The maximum absolute atomic E-state index is 13.3. The molecule has 1 N–H and O–H groups in total. The summed E-state index contributed by atoms with van der Waals surface area (Å²) in [7, 11) is -3.71. The van der Waals surface area contributed by atoms with Crippen LogP contribution in [-0.2, 0) is 10.0 Å². The number of hydrogen-bond acceptors (Lipinski definition) is 4. The monoisotopic (exact) mass is 475 g/mol. The van der Waals surface area contributed by atoms with Crippen LogP contribution in [0.5, 0.6) is 0 Å². The zero-order chi connectivity index (χ0) is 22.6. The fourth-order valence-electron chi connectivity index (χ4n) is 4.50. The van der Waals surface area contributed by atoms with E-state index in [1.54, 1.807) is 0 Å². The third-order valence-electron chi connectivity index (χ3n) is 6.37. The minimum absolute atomic E-state index is 0.112. The van der Waals surface area contributed by atoms with E-state index in [1.807, 2.05) is 30.3 Å². The van der Waals surface area contributed by atoms with E-state index in [0.717, 1.165) is 31.4 Å². The summed E-state index contributed by atoms with van der Waals surface area (Å²) in [6.45, 7) is 2.02. The minimum Gasteiger partial charge on any atom is -0.369 e. The van der Waals surface area contributed by atoms with Gasteiger partial charge in [0.25, 0.3) is 5.91 Å². The normalized spacial score (nSPS) is 18.8. The maximum atomic E-state index is 13.3. The van der Waals surface area contributed by atoms with Gasteiger partial charge in [-0.2, -0.15) is 4.31 Å². The van der Waals surface area contributed by atoms with Crippen molar-refractivity contribution in [1.29, 1.82) is 0 Å². The molecule has 2 aromatic carbocycles. The molecule has 2 fully saturated rings. The van der Waals surface area contributed by atoms with Crippen LogP contribution in [0.3, 0.4) is 0 Å². The van der Waals surface area contributed by atoms with Gasteiger partial charge in [-0.15, -0.1) is 0 Å². The lowest BCUT2D eigenvalue weighted by molar-refractivity contribution is 0.0933. The topological polar surface area (TPSA) is 69.7 Å². The molecule has 1 saturated carbocycles. The zero-order valence-corrected chi connectivity index (χ0v) is 19.7. The van der Waals surface area contributed by atoms with Gasteiger partial charge >= 0.3 is 0 Å². The average Bonchev–Trinajstić information content (AvgIpc) is 3.08. The van der Waals surface area contributed by atoms with E-state index in [2.05, 4.69) is 10.2 Å². The molecule has 4 rings (SSSR count). The SMILES string of the molecule is O=C(NC1CCCCCC1)c1cc(S(=O)(=O)N2CCN(c3ccccc3)CC2)ccc1Cl. The number of anilines is 1. The molecular weight excluding hydrogens is 446 g/mol. The Hall–Kier alpha value is -2.09. The van der Waals surface area contributed by atoms with Crippen LogP contribution in [0.15, 0.2) is 53.4 Å². The van der Waals surface area contributed by atoms with Crippen molar-refractivity contribution in [2.45, 2.75) is 49.5 Å². The summed E-state index contributed by atoms with van der Waals surface area (Å²) in [5, 5.41) is 3.33. The third-order valence-corrected chi connectivity index (χ3v) is 8.59. The Morgan fingerprint density at radius 3 is 2.22 bits per heavy atom. The highest BCUT2D eigenvalue weighted by molar-refractivity contribution is 7.89. The van der Waals surface area contributed by atoms with Gasteiger partial charge in [0, 0.05) is 37.9 Å². The Morgan fingerprint density at radius 1 is 0.906 bits per heavy atom. The van der Waals surface area contributed by atoms with Crippen LogP contribution >= 0.6 is 11.6 Å². The molecule has 172 valence electrons. The van der Waals surface area contributed by atoms with E-state index < -0.39 is 10.0 Å². The lowest BCUT2D eigenvalue weighted by Gasteiger charge is -2.35. The molecule has 6 nitrogen and oxygen atoms in total. The van der Waals surface area contributed by atoms with Crippen LogP contribution in [0.25, 0.3) is 0 Å². The smallest absolute Gasteiger partial charge is 0.253 e. The molecule has 1 aliphatic carbocycles. The molecule has 0 atom stereocenters. The fraction of sp³-hybridized carbons (Fsp3) is 0.458. The van der Waals surface area contributed by atoms with E-state index in [0.29, 0.717) is 26.2 Å². The van der Waals surface area contributed by atoms with Crippen LogP contribution in [-0.4, -0.2) is 50.9 Å². The van der Waals surface area contributed by atoms with E-state index in [1.165, 1.54) is 35.3 Å². The standard InChI is InChI=1S/C24H30ClN3O3S/c25-23-13-12-21(18-22(23)24(29)26-19-8-4-1-2-5-9-19)32(30,31)28-16-14-27(15-17-28)20-10-6-3-7-11-20/h3,6-7,10-13,18-19H,1-2,4-5,8-9,14-17H2,(H,26,29). The Morgan fingerprint density at radius 2 is 1.56 bits per heavy atom. The number of amides is 1. The van der Waals surface area contributed by atoms with Crippen LogP contribution in [0.1, 0.15) is 48.9 Å². The lowest BCUT2D eigenvalue weighted by atomic mass is 10.1. The highest BCUT2D eigenvalue weighted by Gasteiger charge is 2.30. The molecule has 32 heavy (non-hydrogen) atoms. The fourth-order valence-corrected chi connectivity index (χ4v) is 6.15. The molecular formula is C24H30ClN3O3S. The second kappa shape index (κ2) is 10.2. The molecule has 2 aliphatic rings. The van der Waals surface area contributed by atoms with Gasteiger partial charge < -0.3 is 10.2 Å². The number of hydrogen-bond donors (Lipinski definition) is 1. The van der Waals surface area contributed by atoms with Crippen molar-refractivity contribution < 1.29 is 13.2 Å². The molecule has 1 heterocycles. The summed E-state index contributed by atoms with van der Waals surface area (Å²) in [5.74, 6) is -0.298. The summed E-state index contributed by atoms with van der Waals surface area (Å²) < 4.78 is 28.1. The number of nitrogens with one attached hydrogen (secondary N) is 1. The van der Waals surface area contributed by atoms with Gasteiger partial charge in [0.2, 0.25) is 10.0 Å². The Labute approximate surface area is 195 Å². The Balaban J connectivity index is 1.46. The first kappa shape index (κ1) is 23.1. The molecule has 0 bridgehead atoms. The predicted molar refractivity (Wildman–Crippen MR) is 128 cm³/mol. The molecule has 8 heteroatoms. The van der Waals surface area contributed by atoms with Gasteiger partial charge in [0.05, 0.1) is 15.5 Å². The number of para-hydroxylation sites is 1. The quantitative estimate of drug-likeness (QED) is 0.654. The first-order valence-corrected chi connectivity index (χ1v) is 13.2. The van der Waals surface area contributed by atoms with E-state index in [9.17, 15) is 13.2 Å². The molecule has 2 aromatic rings. The number of benzene rings is 2. The number of carbonyl (C=O) groups excluding carboxylic acids is 1. The van der Waals surface area contributed by atoms with Gasteiger partial charge in [-0.05, 0) is 43.2 Å². The van der Waals surface area contributed by atoms with Gasteiger partial charge in [-0.25, -0.2) is 8.42 Å². The number of nitrogens with zero attached hydrogens (tertiary/aromatic N) is 2. The largest absolute Gasteiger partial charge is 0.369 e. The maximum Gasteiger partial charge on any atom is 0.253 e. The molecule has 0 aromatic heterocycles. The van der Waals surface area contributed by atoms with Crippen LogP contribution in [0.2, 0.25) is 5.02 Å². The van der Waals surface area contributed by atoms with Crippen molar-refractivity contribution in [1.82, 2.24) is 9.62 Å². The van der Waals surface area contributed by atoms with Crippen molar-refractivity contribution in [2.75, 3.05) is 31.1 Å². The van der Waals surface area contributed by atoms with Crippen molar-refractivity contribution >= 4 is 33.2 Å². The summed E-state index contributed by atoms with van der Waals surface area (Å²) in [5.41, 5.74) is 1.31. The second-order valence-corrected chi connectivity index (χ2v) is 10.9. The van der Waals surface area contributed by atoms with E-state index >= 15 is 0 Å². The van der Waals surface area contributed by atoms with Gasteiger partial charge in [-0.1, -0.05) is 55.5 Å². The van der Waals surface area contributed by atoms with Gasteiger partial charge in [-0.3, -0.25) is 4.79 Å². The summed E-state index contributed by atoms with van der Waals surface area (Å²) >= 11 is 6.29. The van der Waals surface area contributed by atoms with Crippen molar-refractivity contribution in [3.63, 3.8) is 0 Å². The van der Waals surface area contributed by atoms with E-state index in [4.69, 9.17) is 11.6 Å². The van der Waals surface area contributed by atoms with Crippen LogP contribution < -0.4 is 10.2 Å². The summed E-state index contributed by atoms with van der Waals surface area (Å²) in [6, 6.07) is 14.5. The van der Waals surface area contributed by atoms with Gasteiger partial charge in [0.15, 0.2) is 0 Å². The number of sulfonamides is 1. The van der Waals surface area contributed by atoms with Gasteiger partial charge in [0.1, 0.15) is 0 Å². The average molecular weight is 476 g/mol. The molecule has 0 radical (unpaired) electrons. The third kappa shape index (κ3) is 5.27. The van der Waals surface area contributed by atoms with Crippen molar-refractivity contribution in [3.05, 3.63) is 59.1 Å². The first-order valence-electron chi connectivity index (χ1n) is 11.4. The number of rotatable bonds is 5. The predicted octanol–water partition coefficient (Wildman–Crippen LogP) is 4.30. The Kier molecular flexibility index (Phi) is 7.38. The molecule has 0 spiro atoms. The van der Waals surface area contributed by atoms with Crippen LogP contribution in [0, 0.1) is 0 Å². The van der Waals surface area contributed by atoms with Crippen molar-refractivity contribution in [3.8, 4) is 0 Å². The second-order valence-electron chi connectivity index (χ2n) is 8.53. The first-order chi connectivity index (χ1) is 15.4. The highest BCUT2D eigenvalue weighted by Crippen LogP contribution is 2.26. The number of halogens is 1. The number of carbonyl (C=O) groups is 1. The Bertz CT molecular complexity index is 1030. The van der Waals surface area contributed by atoms with E-state index in [-0.39, 0.29) is 27.4 Å².